The average Bonchev–Trinajstić information content (AvgIpc) is 2.91. The van der Waals surface area contributed by atoms with Crippen molar-refractivity contribution >= 4 is 11.3 Å². The molecule has 3 rings (SSSR count). The van der Waals surface area contributed by atoms with Gasteiger partial charge in [0, 0.05) is 30.2 Å². The van der Waals surface area contributed by atoms with Crippen molar-refractivity contribution in [3.05, 3.63) is 40.6 Å². The first-order chi connectivity index (χ1) is 9.29. The number of nitrogens with two attached hydrogens (primary N) is 1. The van der Waals surface area contributed by atoms with Gasteiger partial charge in [0.1, 0.15) is 0 Å². The predicted molar refractivity (Wildman–Crippen MR) is 78.1 cm³/mol. The van der Waals surface area contributed by atoms with Gasteiger partial charge in [0.25, 0.3) is 0 Å². The van der Waals surface area contributed by atoms with Crippen LogP contribution in [0.3, 0.4) is 0 Å². The Bertz CT molecular complexity index is 515. The first-order valence-electron chi connectivity index (χ1n) is 6.74. The Balaban J connectivity index is 1.77. The monoisotopic (exact) mass is 276 g/mol. The van der Waals surface area contributed by atoms with E-state index in [1.165, 1.54) is 23.4 Å². The maximum Gasteiger partial charge on any atom is 0.0951 e. The zero-order chi connectivity index (χ0) is 13.2. The molecule has 2 heterocycles. The number of aromatic nitrogens is 2. The van der Waals surface area contributed by atoms with Gasteiger partial charge < -0.3 is 10.3 Å². The number of rotatable bonds is 6. The molecule has 0 aromatic carbocycles. The van der Waals surface area contributed by atoms with Gasteiger partial charge in [-0.25, -0.2) is 4.98 Å². The molecule has 102 valence electrons. The van der Waals surface area contributed by atoms with E-state index >= 15 is 0 Å². The van der Waals surface area contributed by atoms with Crippen molar-refractivity contribution in [2.45, 2.75) is 31.5 Å². The molecule has 0 radical (unpaired) electrons. The minimum atomic E-state index is 0.241. The Kier molecular flexibility index (Phi) is 3.68. The van der Waals surface area contributed by atoms with E-state index < -0.39 is 0 Å². The summed E-state index contributed by atoms with van der Waals surface area (Å²) in [5.74, 6) is 0. The van der Waals surface area contributed by atoms with Crippen LogP contribution in [-0.4, -0.2) is 28.0 Å². The summed E-state index contributed by atoms with van der Waals surface area (Å²) < 4.78 is 2.31. The van der Waals surface area contributed by atoms with Gasteiger partial charge in [0.05, 0.1) is 18.1 Å². The maximum atomic E-state index is 6.00. The van der Waals surface area contributed by atoms with E-state index in [2.05, 4.69) is 39.0 Å². The minimum absolute atomic E-state index is 0.241. The molecule has 0 aliphatic heterocycles. The molecule has 1 fully saturated rings. The molecule has 1 saturated carbocycles. The Morgan fingerprint density at radius 2 is 2.42 bits per heavy atom. The Labute approximate surface area is 117 Å². The molecule has 0 saturated heterocycles. The lowest BCUT2D eigenvalue weighted by Crippen LogP contribution is -2.31. The van der Waals surface area contributed by atoms with Crippen molar-refractivity contribution in [1.82, 2.24) is 14.5 Å². The fraction of sp³-hybridized carbons (Fsp3) is 0.500. The lowest BCUT2D eigenvalue weighted by molar-refractivity contribution is 0.234. The van der Waals surface area contributed by atoms with Gasteiger partial charge in [0.2, 0.25) is 0 Å². The number of thiophene rings is 1. The van der Waals surface area contributed by atoms with Crippen molar-refractivity contribution in [1.29, 1.82) is 0 Å². The molecule has 0 spiro atoms. The van der Waals surface area contributed by atoms with E-state index in [1.54, 1.807) is 11.3 Å². The topological polar surface area (TPSA) is 47.1 Å². The van der Waals surface area contributed by atoms with E-state index in [0.29, 0.717) is 12.6 Å². The second kappa shape index (κ2) is 5.45. The zero-order valence-corrected chi connectivity index (χ0v) is 12.0. The Morgan fingerprint density at radius 1 is 1.58 bits per heavy atom. The molecular formula is C14H20N4S. The molecule has 1 atom stereocenters. The molecule has 2 N–H and O–H groups in total. The van der Waals surface area contributed by atoms with Crippen molar-refractivity contribution in [3.8, 4) is 0 Å². The lowest BCUT2D eigenvalue weighted by atomic mass is 10.2. The van der Waals surface area contributed by atoms with Gasteiger partial charge in [0.15, 0.2) is 0 Å². The summed E-state index contributed by atoms with van der Waals surface area (Å²) in [6, 6.07) is 5.17. The predicted octanol–water partition coefficient (Wildman–Crippen LogP) is 2.41. The molecule has 0 bridgehead atoms. The van der Waals surface area contributed by atoms with Crippen LogP contribution in [0.25, 0.3) is 0 Å². The van der Waals surface area contributed by atoms with Gasteiger partial charge >= 0.3 is 0 Å². The third kappa shape index (κ3) is 2.73. The smallest absolute Gasteiger partial charge is 0.0951 e. The van der Waals surface area contributed by atoms with Gasteiger partial charge in [-0.3, -0.25) is 4.90 Å². The summed E-state index contributed by atoms with van der Waals surface area (Å²) in [6.07, 6.45) is 6.47. The maximum absolute atomic E-state index is 6.00. The van der Waals surface area contributed by atoms with Crippen LogP contribution < -0.4 is 5.73 Å². The summed E-state index contributed by atoms with van der Waals surface area (Å²) in [4.78, 5) is 8.01. The molecule has 1 aliphatic rings. The van der Waals surface area contributed by atoms with E-state index in [-0.39, 0.29) is 6.04 Å². The Morgan fingerprint density at radius 3 is 3.05 bits per heavy atom. The van der Waals surface area contributed by atoms with Crippen LogP contribution >= 0.6 is 11.3 Å². The fourth-order valence-electron chi connectivity index (χ4n) is 2.52. The lowest BCUT2D eigenvalue weighted by Gasteiger charge is -2.27. The molecule has 2 aromatic rings. The standard InChI is InChI=1S/C14H20N4S/c1-17(9-12-3-2-6-19-12)13(7-15)14-8-16-10-18(14)11-4-5-11/h2-3,6,8,10-11,13H,4-5,7,9,15H2,1H3. The summed E-state index contributed by atoms with van der Waals surface area (Å²) in [5.41, 5.74) is 7.26. The third-order valence-corrected chi connectivity index (χ3v) is 4.58. The minimum Gasteiger partial charge on any atom is -0.330 e. The van der Waals surface area contributed by atoms with Crippen LogP contribution in [0.1, 0.15) is 35.5 Å². The highest BCUT2D eigenvalue weighted by atomic mass is 32.1. The summed E-state index contributed by atoms with van der Waals surface area (Å²) in [7, 11) is 2.14. The van der Waals surface area contributed by atoms with Crippen molar-refractivity contribution in [3.63, 3.8) is 0 Å². The van der Waals surface area contributed by atoms with E-state index in [1.807, 2.05) is 12.5 Å². The first kappa shape index (κ1) is 12.8. The number of hydrogen-bond acceptors (Lipinski definition) is 4. The van der Waals surface area contributed by atoms with Crippen LogP contribution in [0, 0.1) is 0 Å². The average molecular weight is 276 g/mol. The van der Waals surface area contributed by atoms with Crippen LogP contribution in [0.4, 0.5) is 0 Å². The number of nitrogens with zero attached hydrogens (tertiary/aromatic N) is 3. The molecule has 1 aliphatic carbocycles. The second-order valence-corrected chi connectivity index (χ2v) is 6.24. The van der Waals surface area contributed by atoms with Crippen LogP contribution in [0.2, 0.25) is 0 Å². The highest BCUT2D eigenvalue weighted by molar-refractivity contribution is 7.09. The fourth-order valence-corrected chi connectivity index (χ4v) is 3.28. The molecule has 0 amide bonds. The van der Waals surface area contributed by atoms with Crippen LogP contribution in [0.15, 0.2) is 30.0 Å². The number of hydrogen-bond donors (Lipinski definition) is 1. The molecule has 2 aromatic heterocycles. The van der Waals surface area contributed by atoms with Crippen LogP contribution in [-0.2, 0) is 6.54 Å². The van der Waals surface area contributed by atoms with Crippen molar-refractivity contribution < 1.29 is 0 Å². The number of likely N-dealkylation sites (N-methyl/N-ethyl adjacent to an activating group) is 1. The highest BCUT2D eigenvalue weighted by Gasteiger charge is 2.28. The van der Waals surface area contributed by atoms with Gasteiger partial charge in [-0.1, -0.05) is 6.07 Å². The molecule has 1 unspecified atom stereocenters. The summed E-state index contributed by atoms with van der Waals surface area (Å²) in [5, 5.41) is 2.12. The first-order valence-corrected chi connectivity index (χ1v) is 7.62. The highest BCUT2D eigenvalue weighted by Crippen LogP contribution is 2.37. The van der Waals surface area contributed by atoms with Crippen molar-refractivity contribution in [2.24, 2.45) is 5.73 Å². The quantitative estimate of drug-likeness (QED) is 0.881. The van der Waals surface area contributed by atoms with Gasteiger partial charge in [-0.15, -0.1) is 11.3 Å². The Hall–Kier alpha value is -1.17. The summed E-state index contributed by atoms with van der Waals surface area (Å²) >= 11 is 1.79. The zero-order valence-electron chi connectivity index (χ0n) is 11.2. The second-order valence-electron chi connectivity index (χ2n) is 5.20. The SMILES string of the molecule is CN(Cc1cccs1)C(CN)c1cncn1C1CC1. The van der Waals surface area contributed by atoms with E-state index in [9.17, 15) is 0 Å². The van der Waals surface area contributed by atoms with E-state index in [0.717, 1.165) is 6.54 Å². The normalized spacial score (nSPS) is 17.0. The molecule has 4 nitrogen and oxygen atoms in total. The molecular weight excluding hydrogens is 256 g/mol. The van der Waals surface area contributed by atoms with E-state index in [4.69, 9.17) is 5.73 Å². The van der Waals surface area contributed by atoms with Gasteiger partial charge in [-0.2, -0.15) is 0 Å². The van der Waals surface area contributed by atoms with Gasteiger partial charge in [-0.05, 0) is 31.3 Å². The molecule has 19 heavy (non-hydrogen) atoms. The van der Waals surface area contributed by atoms with Crippen LogP contribution in [0.5, 0.6) is 0 Å². The largest absolute Gasteiger partial charge is 0.330 e. The van der Waals surface area contributed by atoms with Crippen molar-refractivity contribution in [2.75, 3.05) is 13.6 Å². The number of imidazole rings is 1. The summed E-state index contributed by atoms with van der Waals surface area (Å²) in [6.45, 7) is 1.57. The third-order valence-electron chi connectivity index (χ3n) is 3.72. The molecule has 5 heteroatoms.